The van der Waals surface area contributed by atoms with E-state index in [1.807, 2.05) is 0 Å². The highest BCUT2D eigenvalue weighted by Gasteiger charge is 2.68. The lowest BCUT2D eigenvalue weighted by Crippen LogP contribution is -2.62. The van der Waals surface area contributed by atoms with Gasteiger partial charge in [0.2, 0.25) is 5.91 Å². The van der Waals surface area contributed by atoms with Crippen molar-refractivity contribution < 1.29 is 22.7 Å². The largest absolute Gasteiger partial charge is 0.394 e. The van der Waals surface area contributed by atoms with Gasteiger partial charge < -0.3 is 15.4 Å². The Hall–Kier alpha value is -0.820. The number of amides is 1. The Morgan fingerprint density at radius 2 is 1.78 bits per heavy atom. The first kappa shape index (κ1) is 19.5. The Morgan fingerprint density at radius 1 is 1.15 bits per heavy atom. The molecule has 27 heavy (non-hydrogen) atoms. The molecule has 0 aromatic carbocycles. The molecule has 2 N–H and O–H groups in total. The quantitative estimate of drug-likeness (QED) is 0.760. The van der Waals surface area contributed by atoms with Crippen molar-refractivity contribution >= 4 is 5.91 Å². The summed E-state index contributed by atoms with van der Waals surface area (Å²) in [5, 5.41) is 6.41. The minimum Gasteiger partial charge on any atom is -0.384 e. The zero-order chi connectivity index (χ0) is 19.3. The first-order valence-electron chi connectivity index (χ1n) is 10.3. The van der Waals surface area contributed by atoms with Crippen LogP contribution in [0.5, 0.6) is 0 Å². The number of hydrogen-bond acceptors (Lipinski definition) is 3. The maximum Gasteiger partial charge on any atom is 0.394 e. The second-order valence-corrected chi connectivity index (χ2v) is 9.89. The molecule has 4 bridgehead atoms. The van der Waals surface area contributed by atoms with Gasteiger partial charge in [-0.15, -0.1) is 0 Å². The first-order valence-corrected chi connectivity index (χ1v) is 10.3. The fraction of sp³-hybridized carbons (Fsp3) is 0.950. The van der Waals surface area contributed by atoms with Crippen LogP contribution in [0.3, 0.4) is 0 Å². The van der Waals surface area contributed by atoms with E-state index < -0.39 is 17.0 Å². The molecular weight excluding hydrogens is 357 g/mol. The summed E-state index contributed by atoms with van der Waals surface area (Å²) in [5.41, 5.74) is -2.56. The van der Waals surface area contributed by atoms with Crippen LogP contribution >= 0.6 is 0 Å². The molecule has 5 rings (SSSR count). The number of rotatable bonds is 5. The number of methoxy groups -OCH3 is 1. The number of hydrogen-bond donors (Lipinski definition) is 2. The average Bonchev–Trinajstić information content (AvgIpc) is 2.59. The van der Waals surface area contributed by atoms with Crippen LogP contribution in [-0.2, 0) is 9.53 Å². The molecule has 154 valence electrons. The molecule has 7 heteroatoms. The molecule has 4 aliphatic carbocycles. The Kier molecular flexibility index (Phi) is 4.78. The van der Waals surface area contributed by atoms with E-state index >= 15 is 0 Å². The van der Waals surface area contributed by atoms with Gasteiger partial charge in [0.15, 0.2) is 0 Å². The van der Waals surface area contributed by atoms with Crippen molar-refractivity contribution in [1.29, 1.82) is 0 Å². The SMILES string of the molecule is COCC1(CNC(=O)C23CC4CC(C2)CC(C(F)(F)F)(C4)C3)CCNCC1. The fourth-order valence-electron chi connectivity index (χ4n) is 6.95. The number of piperidine rings is 1. The van der Waals surface area contributed by atoms with Crippen LogP contribution in [-0.4, -0.2) is 45.4 Å². The predicted molar refractivity (Wildman–Crippen MR) is 95.0 cm³/mol. The summed E-state index contributed by atoms with van der Waals surface area (Å²) in [4.78, 5) is 13.2. The lowest BCUT2D eigenvalue weighted by atomic mass is 9.43. The van der Waals surface area contributed by atoms with Crippen LogP contribution in [0.15, 0.2) is 0 Å². The van der Waals surface area contributed by atoms with Gasteiger partial charge in [-0.05, 0) is 76.3 Å². The molecule has 4 saturated carbocycles. The molecule has 1 saturated heterocycles. The second kappa shape index (κ2) is 6.61. The van der Waals surface area contributed by atoms with E-state index in [0.717, 1.165) is 32.4 Å². The Morgan fingerprint density at radius 3 is 2.33 bits per heavy atom. The highest BCUT2D eigenvalue weighted by molar-refractivity contribution is 5.83. The molecule has 4 nitrogen and oxygen atoms in total. The monoisotopic (exact) mass is 388 g/mol. The number of carbonyl (C=O) groups is 1. The molecule has 2 atom stereocenters. The molecule has 0 aromatic heterocycles. The lowest BCUT2D eigenvalue weighted by Gasteiger charge is -2.61. The normalized spacial score (nSPS) is 40.1. The average molecular weight is 388 g/mol. The van der Waals surface area contributed by atoms with Gasteiger partial charge in [0.25, 0.3) is 0 Å². The number of nitrogens with one attached hydrogen (secondary N) is 2. The third-order valence-electron chi connectivity index (χ3n) is 7.88. The van der Waals surface area contributed by atoms with E-state index in [9.17, 15) is 18.0 Å². The van der Waals surface area contributed by atoms with Crippen LogP contribution in [0.25, 0.3) is 0 Å². The third-order valence-corrected chi connectivity index (χ3v) is 7.88. The number of carbonyl (C=O) groups excluding carboxylic acids is 1. The van der Waals surface area contributed by atoms with E-state index in [2.05, 4.69) is 10.6 Å². The molecule has 1 amide bonds. The summed E-state index contributed by atoms with van der Waals surface area (Å²) in [6.45, 7) is 2.83. The van der Waals surface area contributed by atoms with E-state index in [-0.39, 0.29) is 42.4 Å². The molecule has 1 aliphatic heterocycles. The summed E-state index contributed by atoms with van der Waals surface area (Å²) in [6, 6.07) is 0. The molecule has 5 aliphatic rings. The van der Waals surface area contributed by atoms with Gasteiger partial charge >= 0.3 is 6.18 Å². The summed E-state index contributed by atoms with van der Waals surface area (Å²) in [6.07, 6.45) is 0.175. The summed E-state index contributed by atoms with van der Waals surface area (Å²) >= 11 is 0. The standard InChI is InChI=1S/C20H31F3N2O2/c1-27-13-17(2-4-24-5-3-17)12-25-16(26)18-7-14-6-15(8-18)10-19(9-14,11-18)20(21,22)23/h14-15,24H,2-13H2,1H3,(H,25,26). The third kappa shape index (κ3) is 3.28. The van der Waals surface area contributed by atoms with Gasteiger partial charge in [0.1, 0.15) is 0 Å². The van der Waals surface area contributed by atoms with Gasteiger partial charge in [0.05, 0.1) is 17.4 Å². The van der Waals surface area contributed by atoms with Crippen LogP contribution in [0.2, 0.25) is 0 Å². The van der Waals surface area contributed by atoms with E-state index in [1.54, 1.807) is 7.11 Å². The van der Waals surface area contributed by atoms with Gasteiger partial charge in [0, 0.05) is 19.1 Å². The van der Waals surface area contributed by atoms with Crippen molar-refractivity contribution in [3.63, 3.8) is 0 Å². The number of ether oxygens (including phenoxy) is 1. The van der Waals surface area contributed by atoms with Crippen LogP contribution in [0, 0.1) is 28.1 Å². The lowest BCUT2D eigenvalue weighted by molar-refractivity contribution is -0.283. The van der Waals surface area contributed by atoms with Gasteiger partial charge in [-0.1, -0.05) is 0 Å². The highest BCUT2D eigenvalue weighted by Crippen LogP contribution is 2.69. The van der Waals surface area contributed by atoms with Crippen molar-refractivity contribution in [3.05, 3.63) is 0 Å². The van der Waals surface area contributed by atoms with E-state index in [4.69, 9.17) is 4.74 Å². The van der Waals surface area contributed by atoms with Crippen LogP contribution in [0.1, 0.15) is 51.4 Å². The zero-order valence-electron chi connectivity index (χ0n) is 16.1. The van der Waals surface area contributed by atoms with Crippen molar-refractivity contribution in [2.24, 2.45) is 28.1 Å². The van der Waals surface area contributed by atoms with Gasteiger partial charge in [-0.2, -0.15) is 13.2 Å². The second-order valence-electron chi connectivity index (χ2n) is 9.89. The first-order chi connectivity index (χ1) is 12.7. The van der Waals surface area contributed by atoms with Crippen LogP contribution < -0.4 is 10.6 Å². The number of halogens is 3. The molecule has 2 unspecified atom stereocenters. The fourth-order valence-corrected chi connectivity index (χ4v) is 6.95. The summed E-state index contributed by atoms with van der Waals surface area (Å²) in [7, 11) is 1.66. The molecule has 5 fully saturated rings. The van der Waals surface area contributed by atoms with Crippen molar-refractivity contribution in [2.45, 2.75) is 57.5 Å². The van der Waals surface area contributed by atoms with Gasteiger partial charge in [-0.3, -0.25) is 4.79 Å². The molecular formula is C20H31F3N2O2. The summed E-state index contributed by atoms with van der Waals surface area (Å²) in [5.74, 6) is -0.0462. The molecule has 1 heterocycles. The summed E-state index contributed by atoms with van der Waals surface area (Å²) < 4.78 is 47.1. The Bertz CT molecular complexity index is 567. The van der Waals surface area contributed by atoms with Gasteiger partial charge in [-0.25, -0.2) is 0 Å². The van der Waals surface area contributed by atoms with Crippen molar-refractivity contribution in [1.82, 2.24) is 10.6 Å². The van der Waals surface area contributed by atoms with Crippen molar-refractivity contribution in [2.75, 3.05) is 33.4 Å². The topological polar surface area (TPSA) is 50.4 Å². The Balaban J connectivity index is 1.50. The zero-order valence-corrected chi connectivity index (χ0v) is 16.1. The van der Waals surface area contributed by atoms with Crippen molar-refractivity contribution in [3.8, 4) is 0 Å². The molecule has 0 radical (unpaired) electrons. The minimum atomic E-state index is -4.21. The highest BCUT2D eigenvalue weighted by atomic mass is 19.4. The molecule has 0 aromatic rings. The predicted octanol–water partition coefficient (Wildman–Crippen LogP) is 3.27. The van der Waals surface area contributed by atoms with E-state index in [1.165, 1.54) is 0 Å². The smallest absolute Gasteiger partial charge is 0.384 e. The molecule has 0 spiro atoms. The maximum absolute atomic E-state index is 13.9. The number of alkyl halides is 3. The maximum atomic E-state index is 13.9. The van der Waals surface area contributed by atoms with Crippen LogP contribution in [0.4, 0.5) is 13.2 Å². The van der Waals surface area contributed by atoms with E-state index in [0.29, 0.717) is 26.0 Å². The Labute approximate surface area is 159 Å². The minimum absolute atomic E-state index is 0.0127.